The van der Waals surface area contributed by atoms with E-state index in [-0.39, 0.29) is 10.4 Å². The zero-order valence-electron chi connectivity index (χ0n) is 18.3. The van der Waals surface area contributed by atoms with Gasteiger partial charge in [0.1, 0.15) is 0 Å². The number of amides is 1. The summed E-state index contributed by atoms with van der Waals surface area (Å²) in [6.07, 6.45) is -3.15. The monoisotopic (exact) mass is 509 g/mol. The van der Waals surface area contributed by atoms with Gasteiger partial charge < -0.3 is 5.32 Å². The Balaban J connectivity index is 1.45. The Labute approximate surface area is 199 Å². The summed E-state index contributed by atoms with van der Waals surface area (Å²) in [6.45, 7) is 3.49. The molecule has 4 rings (SSSR count). The van der Waals surface area contributed by atoms with Crippen molar-refractivity contribution in [3.05, 3.63) is 70.7 Å². The summed E-state index contributed by atoms with van der Waals surface area (Å²) in [5, 5.41) is 4.43. The molecule has 0 saturated heterocycles. The number of nitrogens with zero attached hydrogens (tertiary/aromatic N) is 1. The van der Waals surface area contributed by atoms with E-state index in [0.29, 0.717) is 35.2 Å². The molecule has 0 aliphatic heterocycles. The van der Waals surface area contributed by atoms with E-state index in [1.165, 1.54) is 18.2 Å². The third-order valence-electron chi connectivity index (χ3n) is 5.43. The average Bonchev–Trinajstić information content (AvgIpc) is 3.53. The number of carbonyl (C=O) groups excluding carboxylic acids is 1. The minimum atomic E-state index is -4.44. The molecule has 0 atom stereocenters. The summed E-state index contributed by atoms with van der Waals surface area (Å²) in [4.78, 5) is 17.1. The topological polar surface area (TPSA) is 88.2 Å². The molecule has 1 amide bonds. The Kier molecular flexibility index (Phi) is 6.19. The highest BCUT2D eigenvalue weighted by Gasteiger charge is 2.36. The molecule has 1 aliphatic rings. The van der Waals surface area contributed by atoms with Gasteiger partial charge in [0.25, 0.3) is 5.91 Å². The molecule has 0 unspecified atom stereocenters. The molecule has 0 bridgehead atoms. The fourth-order valence-corrected chi connectivity index (χ4v) is 5.78. The van der Waals surface area contributed by atoms with Gasteiger partial charge in [0.2, 0.25) is 10.0 Å². The van der Waals surface area contributed by atoms with Gasteiger partial charge in [-0.3, -0.25) is 9.52 Å². The number of aromatic nitrogens is 1. The number of benzene rings is 2. The Morgan fingerprint density at radius 2 is 1.74 bits per heavy atom. The van der Waals surface area contributed by atoms with E-state index in [2.05, 4.69) is 15.0 Å². The molecule has 1 heterocycles. The van der Waals surface area contributed by atoms with Crippen LogP contribution in [0.15, 0.2) is 53.9 Å². The predicted octanol–water partition coefficient (Wildman–Crippen LogP) is 5.40. The second-order valence-electron chi connectivity index (χ2n) is 8.62. The number of hydrogen-bond donors (Lipinski definition) is 2. The second-order valence-corrected chi connectivity index (χ2v) is 11.4. The number of alkyl halides is 3. The number of thiazole rings is 1. The second kappa shape index (κ2) is 8.70. The molecular formula is C23H22F3N3O3S2. The van der Waals surface area contributed by atoms with Crippen molar-refractivity contribution in [3.63, 3.8) is 0 Å². The van der Waals surface area contributed by atoms with Crippen LogP contribution in [0.1, 0.15) is 48.3 Å². The number of halogens is 3. The van der Waals surface area contributed by atoms with E-state index in [1.807, 2.05) is 0 Å². The minimum Gasteiger partial charge on any atom is -0.341 e. The molecule has 1 fully saturated rings. The van der Waals surface area contributed by atoms with Crippen LogP contribution in [0.2, 0.25) is 0 Å². The lowest BCUT2D eigenvalue weighted by Gasteiger charge is -2.24. The molecule has 3 aromatic rings. The first-order valence-electron chi connectivity index (χ1n) is 10.4. The normalized spacial score (nSPS) is 14.6. The largest absolute Gasteiger partial charge is 0.416 e. The third kappa shape index (κ3) is 5.41. The highest BCUT2D eigenvalue weighted by molar-refractivity contribution is 7.93. The standard InChI is InChI=1S/C23H22F3N3O3S2/c1-22(2,19-13-33-21(27-19)29-34(31,32)18-10-11-18)28-20(30)15-8-6-14(7-9-15)16-4-3-5-17(12-16)23(24,25)26/h3-9,12-13,18H,10-11H2,1-2H3,(H,27,29)(H,28,30). The van der Waals surface area contributed by atoms with Crippen molar-refractivity contribution in [2.75, 3.05) is 4.72 Å². The molecule has 34 heavy (non-hydrogen) atoms. The zero-order chi connectivity index (χ0) is 24.7. The Hall–Kier alpha value is -2.92. The van der Waals surface area contributed by atoms with Crippen LogP contribution in [0.3, 0.4) is 0 Å². The summed E-state index contributed by atoms with van der Waals surface area (Å²) in [5.74, 6) is -0.395. The first-order chi connectivity index (χ1) is 15.8. The third-order valence-corrected chi connectivity index (χ3v) is 8.15. The average molecular weight is 510 g/mol. The summed E-state index contributed by atoms with van der Waals surface area (Å²) in [5.41, 5.74) is 0.139. The minimum absolute atomic E-state index is 0.245. The van der Waals surface area contributed by atoms with Gasteiger partial charge in [0.05, 0.1) is 22.0 Å². The number of carbonyl (C=O) groups is 1. The fraction of sp³-hybridized carbons (Fsp3) is 0.304. The first kappa shape index (κ1) is 24.2. The lowest BCUT2D eigenvalue weighted by molar-refractivity contribution is -0.137. The van der Waals surface area contributed by atoms with Gasteiger partial charge in [-0.15, -0.1) is 11.3 Å². The van der Waals surface area contributed by atoms with Crippen LogP contribution in [0.5, 0.6) is 0 Å². The van der Waals surface area contributed by atoms with Gasteiger partial charge in [0, 0.05) is 10.9 Å². The lowest BCUT2D eigenvalue weighted by Crippen LogP contribution is -2.41. The molecule has 0 spiro atoms. The Bertz CT molecular complexity index is 1310. The summed E-state index contributed by atoms with van der Waals surface area (Å²) in [6, 6.07) is 11.2. The highest BCUT2D eigenvalue weighted by Crippen LogP contribution is 2.33. The van der Waals surface area contributed by atoms with Crippen molar-refractivity contribution < 1.29 is 26.4 Å². The molecule has 1 aromatic heterocycles. The Morgan fingerprint density at radius 1 is 1.06 bits per heavy atom. The maximum atomic E-state index is 13.0. The van der Waals surface area contributed by atoms with E-state index in [4.69, 9.17) is 0 Å². The van der Waals surface area contributed by atoms with E-state index >= 15 is 0 Å². The van der Waals surface area contributed by atoms with Crippen LogP contribution in [-0.4, -0.2) is 24.6 Å². The van der Waals surface area contributed by atoms with Gasteiger partial charge in [0.15, 0.2) is 5.13 Å². The first-order valence-corrected chi connectivity index (χ1v) is 12.9. The lowest BCUT2D eigenvalue weighted by atomic mass is 9.99. The zero-order valence-corrected chi connectivity index (χ0v) is 19.9. The van der Waals surface area contributed by atoms with Gasteiger partial charge in [-0.2, -0.15) is 13.2 Å². The molecule has 180 valence electrons. The summed E-state index contributed by atoms with van der Waals surface area (Å²) < 4.78 is 65.7. The molecule has 11 heteroatoms. The number of rotatable bonds is 7. The molecule has 1 aliphatic carbocycles. The van der Waals surface area contributed by atoms with Crippen molar-refractivity contribution in [2.45, 2.75) is 43.7 Å². The SMILES string of the molecule is CC(C)(NC(=O)c1ccc(-c2cccc(C(F)(F)F)c2)cc1)c1csc(NS(=O)(=O)C2CC2)n1. The highest BCUT2D eigenvalue weighted by atomic mass is 32.2. The van der Waals surface area contributed by atoms with Crippen LogP contribution in [0, 0.1) is 0 Å². The van der Waals surface area contributed by atoms with Gasteiger partial charge >= 0.3 is 6.18 Å². The van der Waals surface area contributed by atoms with Gasteiger partial charge in [-0.25, -0.2) is 13.4 Å². The van der Waals surface area contributed by atoms with E-state index in [0.717, 1.165) is 23.5 Å². The quantitative estimate of drug-likeness (QED) is 0.447. The number of nitrogens with one attached hydrogen (secondary N) is 2. The number of hydrogen-bond acceptors (Lipinski definition) is 5. The molecule has 2 aromatic carbocycles. The van der Waals surface area contributed by atoms with Gasteiger partial charge in [-0.1, -0.05) is 24.3 Å². The molecule has 1 saturated carbocycles. The Morgan fingerprint density at radius 3 is 2.35 bits per heavy atom. The fourth-order valence-electron chi connectivity index (χ4n) is 3.30. The summed E-state index contributed by atoms with van der Waals surface area (Å²) >= 11 is 1.14. The van der Waals surface area contributed by atoms with Crippen molar-refractivity contribution in [1.29, 1.82) is 0 Å². The van der Waals surface area contributed by atoms with E-state index in [1.54, 1.807) is 37.4 Å². The molecule has 2 N–H and O–H groups in total. The summed E-state index contributed by atoms with van der Waals surface area (Å²) in [7, 11) is -3.43. The van der Waals surface area contributed by atoms with Crippen LogP contribution in [0.25, 0.3) is 11.1 Å². The number of sulfonamides is 1. The maximum Gasteiger partial charge on any atom is 0.416 e. The van der Waals surface area contributed by atoms with Crippen molar-refractivity contribution in [1.82, 2.24) is 10.3 Å². The molecular weight excluding hydrogens is 487 g/mol. The van der Waals surface area contributed by atoms with Gasteiger partial charge in [-0.05, 0) is 62.1 Å². The smallest absolute Gasteiger partial charge is 0.341 e. The number of anilines is 1. The predicted molar refractivity (Wildman–Crippen MR) is 125 cm³/mol. The van der Waals surface area contributed by atoms with Crippen LogP contribution in [-0.2, 0) is 21.7 Å². The van der Waals surface area contributed by atoms with Crippen molar-refractivity contribution in [2.24, 2.45) is 0 Å². The van der Waals surface area contributed by atoms with Crippen LogP contribution < -0.4 is 10.0 Å². The molecule has 0 radical (unpaired) electrons. The van der Waals surface area contributed by atoms with Crippen LogP contribution >= 0.6 is 11.3 Å². The molecule has 6 nitrogen and oxygen atoms in total. The van der Waals surface area contributed by atoms with Crippen molar-refractivity contribution >= 4 is 32.4 Å². The van der Waals surface area contributed by atoms with E-state index in [9.17, 15) is 26.4 Å². The van der Waals surface area contributed by atoms with Crippen molar-refractivity contribution in [3.8, 4) is 11.1 Å². The van der Waals surface area contributed by atoms with Crippen LogP contribution in [0.4, 0.5) is 18.3 Å². The van der Waals surface area contributed by atoms with E-state index < -0.39 is 33.2 Å². The maximum absolute atomic E-state index is 13.0.